The lowest BCUT2D eigenvalue weighted by molar-refractivity contribution is 0.182. The van der Waals surface area contributed by atoms with Crippen molar-refractivity contribution in [2.24, 2.45) is 11.7 Å². The Morgan fingerprint density at radius 2 is 2.55 bits per heavy atom. The second-order valence-electron chi connectivity index (χ2n) is 3.13. The lowest BCUT2D eigenvalue weighted by atomic mass is 9.98. The Morgan fingerprint density at radius 3 is 3.09 bits per heavy atom. The van der Waals surface area contributed by atoms with E-state index in [0.29, 0.717) is 12.3 Å². The molecule has 11 heavy (non-hydrogen) atoms. The highest BCUT2D eigenvalue weighted by atomic mass is 16.5. The minimum atomic E-state index is 0.173. The molecule has 0 aliphatic carbocycles. The summed E-state index contributed by atoms with van der Waals surface area (Å²) in [4.78, 5) is 0. The quantitative estimate of drug-likeness (QED) is 0.608. The largest absolute Gasteiger partial charge is 0.381 e. The number of nitrogens with two attached hydrogens (primary N) is 1. The topological polar surface area (TPSA) is 35.2 Å². The maximum atomic E-state index is 5.77. The maximum absolute atomic E-state index is 5.77. The second kappa shape index (κ2) is 4.38. The third-order valence-electron chi connectivity index (χ3n) is 2.04. The van der Waals surface area contributed by atoms with Gasteiger partial charge in [0.15, 0.2) is 0 Å². The highest BCUT2D eigenvalue weighted by Crippen LogP contribution is 2.17. The summed E-state index contributed by atoms with van der Waals surface area (Å²) in [6.45, 7) is 1.77. The first-order valence-corrected chi connectivity index (χ1v) is 4.09. The van der Waals surface area contributed by atoms with Crippen molar-refractivity contribution in [3.63, 3.8) is 0 Å². The van der Waals surface area contributed by atoms with E-state index >= 15 is 0 Å². The van der Waals surface area contributed by atoms with Crippen LogP contribution in [-0.4, -0.2) is 19.3 Å². The van der Waals surface area contributed by atoms with Crippen LogP contribution in [0.1, 0.15) is 19.3 Å². The number of ether oxygens (including phenoxy) is 1. The molecule has 0 aromatic heterocycles. The van der Waals surface area contributed by atoms with Crippen LogP contribution in [0, 0.1) is 18.3 Å². The maximum Gasteiger partial charge on any atom is 0.0495 e. The summed E-state index contributed by atoms with van der Waals surface area (Å²) in [7, 11) is 0. The van der Waals surface area contributed by atoms with Gasteiger partial charge in [-0.1, -0.05) is 0 Å². The minimum Gasteiger partial charge on any atom is -0.381 e. The molecule has 0 radical (unpaired) electrons. The van der Waals surface area contributed by atoms with Gasteiger partial charge in [0.25, 0.3) is 0 Å². The van der Waals surface area contributed by atoms with Crippen molar-refractivity contribution in [3.8, 4) is 12.3 Å². The number of hydrogen-bond acceptors (Lipinski definition) is 2. The van der Waals surface area contributed by atoms with E-state index < -0.39 is 0 Å². The Kier molecular flexibility index (Phi) is 3.41. The molecule has 0 amide bonds. The van der Waals surface area contributed by atoms with Crippen molar-refractivity contribution in [2.45, 2.75) is 25.3 Å². The summed E-state index contributed by atoms with van der Waals surface area (Å²) in [5.74, 6) is 3.23. The molecule has 2 nitrogen and oxygen atoms in total. The van der Waals surface area contributed by atoms with Crippen LogP contribution in [0.4, 0.5) is 0 Å². The normalized spacial score (nSPS) is 26.4. The third kappa shape index (κ3) is 2.92. The lowest BCUT2D eigenvalue weighted by Gasteiger charge is -2.11. The molecule has 1 fully saturated rings. The molecular formula is C9H15NO. The molecule has 0 saturated carbocycles. The summed E-state index contributed by atoms with van der Waals surface area (Å²) in [5.41, 5.74) is 5.77. The Labute approximate surface area is 68.1 Å². The van der Waals surface area contributed by atoms with Gasteiger partial charge in [0.1, 0.15) is 0 Å². The average molecular weight is 153 g/mol. The van der Waals surface area contributed by atoms with Crippen molar-refractivity contribution in [2.75, 3.05) is 13.2 Å². The predicted molar refractivity (Wildman–Crippen MR) is 45.0 cm³/mol. The van der Waals surface area contributed by atoms with E-state index in [0.717, 1.165) is 26.1 Å². The fourth-order valence-electron chi connectivity index (χ4n) is 1.43. The SMILES string of the molecule is C#CCC(N)CC1CCOC1. The van der Waals surface area contributed by atoms with Crippen LogP contribution in [0.15, 0.2) is 0 Å². The van der Waals surface area contributed by atoms with Gasteiger partial charge >= 0.3 is 0 Å². The van der Waals surface area contributed by atoms with Gasteiger partial charge in [-0.15, -0.1) is 12.3 Å². The first-order chi connectivity index (χ1) is 5.33. The highest BCUT2D eigenvalue weighted by Gasteiger charge is 2.17. The first-order valence-electron chi connectivity index (χ1n) is 4.09. The zero-order valence-corrected chi connectivity index (χ0v) is 6.75. The van der Waals surface area contributed by atoms with Crippen LogP contribution in [0.2, 0.25) is 0 Å². The van der Waals surface area contributed by atoms with Gasteiger partial charge < -0.3 is 10.5 Å². The zero-order chi connectivity index (χ0) is 8.10. The van der Waals surface area contributed by atoms with E-state index in [1.807, 2.05) is 0 Å². The van der Waals surface area contributed by atoms with E-state index in [-0.39, 0.29) is 6.04 Å². The van der Waals surface area contributed by atoms with Crippen molar-refractivity contribution in [1.29, 1.82) is 0 Å². The van der Waals surface area contributed by atoms with Crippen LogP contribution in [-0.2, 0) is 4.74 Å². The van der Waals surface area contributed by atoms with Crippen LogP contribution in [0.5, 0.6) is 0 Å². The highest BCUT2D eigenvalue weighted by molar-refractivity contribution is 4.89. The minimum absolute atomic E-state index is 0.173. The van der Waals surface area contributed by atoms with Gasteiger partial charge in [-0.25, -0.2) is 0 Å². The van der Waals surface area contributed by atoms with Gasteiger partial charge in [0.05, 0.1) is 0 Å². The molecule has 62 valence electrons. The van der Waals surface area contributed by atoms with Gasteiger partial charge in [-0.3, -0.25) is 0 Å². The van der Waals surface area contributed by atoms with E-state index in [9.17, 15) is 0 Å². The average Bonchev–Trinajstić information content (AvgIpc) is 2.40. The van der Waals surface area contributed by atoms with Crippen molar-refractivity contribution in [3.05, 3.63) is 0 Å². The van der Waals surface area contributed by atoms with Gasteiger partial charge in [0.2, 0.25) is 0 Å². The molecule has 1 aliphatic rings. The van der Waals surface area contributed by atoms with E-state index in [4.69, 9.17) is 16.9 Å². The molecule has 2 unspecified atom stereocenters. The molecular weight excluding hydrogens is 138 g/mol. The molecule has 0 bridgehead atoms. The van der Waals surface area contributed by atoms with Gasteiger partial charge in [0, 0.05) is 25.7 Å². The molecule has 1 rings (SSSR count). The van der Waals surface area contributed by atoms with Crippen LogP contribution in [0.25, 0.3) is 0 Å². The Bertz CT molecular complexity index is 144. The number of hydrogen-bond donors (Lipinski definition) is 1. The molecule has 2 atom stereocenters. The van der Waals surface area contributed by atoms with Crippen molar-refractivity contribution in [1.82, 2.24) is 0 Å². The summed E-state index contributed by atoms with van der Waals surface area (Å²) in [6, 6.07) is 0.173. The molecule has 0 aromatic rings. The Balaban J connectivity index is 2.14. The molecule has 1 saturated heterocycles. The van der Waals surface area contributed by atoms with E-state index in [1.165, 1.54) is 0 Å². The second-order valence-corrected chi connectivity index (χ2v) is 3.13. The molecule has 1 aliphatic heterocycles. The number of rotatable bonds is 3. The monoisotopic (exact) mass is 153 g/mol. The Morgan fingerprint density at radius 1 is 1.73 bits per heavy atom. The fraction of sp³-hybridized carbons (Fsp3) is 0.778. The van der Waals surface area contributed by atoms with Crippen LogP contribution >= 0.6 is 0 Å². The smallest absolute Gasteiger partial charge is 0.0495 e. The summed E-state index contributed by atoms with van der Waals surface area (Å²) >= 11 is 0. The molecule has 2 heteroatoms. The van der Waals surface area contributed by atoms with Gasteiger partial charge in [-0.05, 0) is 18.8 Å². The Hall–Kier alpha value is -0.520. The van der Waals surface area contributed by atoms with Crippen molar-refractivity contribution >= 4 is 0 Å². The van der Waals surface area contributed by atoms with Crippen LogP contribution in [0.3, 0.4) is 0 Å². The molecule has 1 heterocycles. The predicted octanol–water partition coefficient (Wildman–Crippen LogP) is 0.764. The van der Waals surface area contributed by atoms with E-state index in [2.05, 4.69) is 5.92 Å². The lowest BCUT2D eigenvalue weighted by Crippen LogP contribution is -2.23. The third-order valence-corrected chi connectivity index (χ3v) is 2.04. The number of terminal acetylenes is 1. The first kappa shape index (κ1) is 8.58. The summed E-state index contributed by atoms with van der Waals surface area (Å²) in [6.07, 6.45) is 8.00. The van der Waals surface area contributed by atoms with E-state index in [1.54, 1.807) is 0 Å². The standard InChI is InChI=1S/C9H15NO/c1-2-3-9(10)6-8-4-5-11-7-8/h1,8-9H,3-7,10H2. The fourth-order valence-corrected chi connectivity index (χ4v) is 1.43. The van der Waals surface area contributed by atoms with Gasteiger partial charge in [-0.2, -0.15) is 0 Å². The molecule has 2 N–H and O–H groups in total. The summed E-state index contributed by atoms with van der Waals surface area (Å²) in [5, 5.41) is 0. The molecule has 0 aromatic carbocycles. The molecule has 0 spiro atoms. The summed E-state index contributed by atoms with van der Waals surface area (Å²) < 4.78 is 5.23. The van der Waals surface area contributed by atoms with Crippen molar-refractivity contribution < 1.29 is 4.74 Å². The van der Waals surface area contributed by atoms with Crippen LogP contribution < -0.4 is 5.73 Å². The zero-order valence-electron chi connectivity index (χ0n) is 6.75.